The van der Waals surface area contributed by atoms with Gasteiger partial charge in [0.2, 0.25) is 0 Å². The predicted octanol–water partition coefficient (Wildman–Crippen LogP) is 2.82. The summed E-state index contributed by atoms with van der Waals surface area (Å²) in [7, 11) is 1.60. The normalized spacial score (nSPS) is 20.8. The zero-order valence-electron chi connectivity index (χ0n) is 9.74. The molecule has 1 aliphatic carbocycles. The summed E-state index contributed by atoms with van der Waals surface area (Å²) in [5.74, 6) is -0.671. The molecule has 1 aromatic heterocycles. The molecular formula is C11H14ClFN2OS. The second-order valence-electron chi connectivity index (χ2n) is 4.20. The van der Waals surface area contributed by atoms with Crippen LogP contribution in [0.4, 0.5) is 4.39 Å². The third-order valence-electron chi connectivity index (χ3n) is 3.03. The van der Waals surface area contributed by atoms with Gasteiger partial charge in [-0.25, -0.2) is 9.37 Å². The van der Waals surface area contributed by atoms with Gasteiger partial charge in [0.15, 0.2) is 0 Å². The number of amides is 1. The van der Waals surface area contributed by atoms with Crippen LogP contribution in [0.5, 0.6) is 0 Å². The van der Waals surface area contributed by atoms with Crippen molar-refractivity contribution in [2.75, 3.05) is 7.05 Å². The van der Waals surface area contributed by atoms with E-state index in [0.717, 1.165) is 34.8 Å². The molecule has 0 fully saturated rings. The first-order valence-corrected chi connectivity index (χ1v) is 6.77. The monoisotopic (exact) mass is 276 g/mol. The van der Waals surface area contributed by atoms with E-state index in [2.05, 4.69) is 4.98 Å². The maximum atomic E-state index is 12.8. The molecule has 0 radical (unpaired) electrons. The number of aryl methyl sites for hydroxylation is 2. The van der Waals surface area contributed by atoms with Crippen LogP contribution < -0.4 is 0 Å². The maximum Gasteiger partial charge on any atom is 0.273 e. The van der Waals surface area contributed by atoms with Gasteiger partial charge in [-0.2, -0.15) is 0 Å². The van der Waals surface area contributed by atoms with Crippen LogP contribution in [0.25, 0.3) is 0 Å². The van der Waals surface area contributed by atoms with Gasteiger partial charge in [-0.15, -0.1) is 11.3 Å². The number of thiazole rings is 1. The van der Waals surface area contributed by atoms with Crippen LogP contribution >= 0.6 is 22.9 Å². The third kappa shape index (κ3) is 2.45. The molecule has 0 saturated heterocycles. The van der Waals surface area contributed by atoms with Gasteiger partial charge in [-0.05, 0) is 26.2 Å². The van der Waals surface area contributed by atoms with Crippen molar-refractivity contribution < 1.29 is 9.18 Å². The molecule has 0 N–H and O–H groups in total. The van der Waals surface area contributed by atoms with Gasteiger partial charge in [0, 0.05) is 7.05 Å². The Kier molecular flexibility index (Phi) is 3.68. The molecule has 0 aliphatic heterocycles. The molecular weight excluding hydrogens is 263 g/mol. The van der Waals surface area contributed by atoms with Crippen molar-refractivity contribution in [2.45, 2.75) is 37.9 Å². The van der Waals surface area contributed by atoms with E-state index in [0.29, 0.717) is 0 Å². The molecule has 1 aromatic rings. The lowest BCUT2D eigenvalue weighted by Crippen LogP contribution is -2.36. The van der Waals surface area contributed by atoms with Gasteiger partial charge >= 0.3 is 0 Å². The molecule has 2 atom stereocenters. The second kappa shape index (κ2) is 4.90. The van der Waals surface area contributed by atoms with Crippen LogP contribution in [0.15, 0.2) is 0 Å². The van der Waals surface area contributed by atoms with E-state index in [1.807, 2.05) is 6.92 Å². The fourth-order valence-corrected chi connectivity index (χ4v) is 3.50. The molecule has 0 bridgehead atoms. The topological polar surface area (TPSA) is 33.2 Å². The SMILES string of the molecule is Cc1nc2c(s1)C(N(C)C(=O)C(F)Cl)CCC2. The molecule has 6 heteroatoms. The molecule has 94 valence electrons. The number of rotatable bonds is 2. The van der Waals surface area contributed by atoms with Crippen LogP contribution in [0.3, 0.4) is 0 Å². The number of fused-ring (bicyclic) bond motifs is 1. The summed E-state index contributed by atoms with van der Waals surface area (Å²) in [5.41, 5.74) is -0.909. The van der Waals surface area contributed by atoms with Crippen molar-refractivity contribution in [3.05, 3.63) is 15.6 Å². The summed E-state index contributed by atoms with van der Waals surface area (Å²) in [6, 6.07) is -0.0746. The number of carbonyl (C=O) groups excluding carboxylic acids is 1. The minimum Gasteiger partial charge on any atom is -0.334 e. The van der Waals surface area contributed by atoms with Crippen LogP contribution in [-0.4, -0.2) is 28.5 Å². The molecule has 1 amide bonds. The van der Waals surface area contributed by atoms with Crippen molar-refractivity contribution in [2.24, 2.45) is 0 Å². The highest BCUT2D eigenvalue weighted by molar-refractivity contribution is 7.11. The van der Waals surface area contributed by atoms with E-state index in [1.165, 1.54) is 4.90 Å². The summed E-state index contributed by atoms with van der Waals surface area (Å²) in [4.78, 5) is 18.5. The van der Waals surface area contributed by atoms with E-state index < -0.39 is 11.5 Å². The summed E-state index contributed by atoms with van der Waals surface area (Å²) in [6.45, 7) is 1.95. The number of nitrogens with zero attached hydrogens (tertiary/aromatic N) is 2. The molecule has 0 saturated carbocycles. The van der Waals surface area contributed by atoms with Crippen molar-refractivity contribution in [1.29, 1.82) is 0 Å². The van der Waals surface area contributed by atoms with Crippen LogP contribution in [0.2, 0.25) is 0 Å². The second-order valence-corrected chi connectivity index (χ2v) is 5.82. The maximum absolute atomic E-state index is 12.8. The quantitative estimate of drug-likeness (QED) is 0.778. The highest BCUT2D eigenvalue weighted by atomic mass is 35.5. The number of hydrogen-bond acceptors (Lipinski definition) is 3. The van der Waals surface area contributed by atoms with Gasteiger partial charge in [-0.3, -0.25) is 4.79 Å². The van der Waals surface area contributed by atoms with E-state index in [1.54, 1.807) is 18.4 Å². The van der Waals surface area contributed by atoms with E-state index in [4.69, 9.17) is 11.6 Å². The van der Waals surface area contributed by atoms with Crippen LogP contribution in [0, 0.1) is 6.92 Å². The lowest BCUT2D eigenvalue weighted by Gasteiger charge is -2.30. The van der Waals surface area contributed by atoms with E-state index >= 15 is 0 Å². The predicted molar refractivity (Wildman–Crippen MR) is 66.0 cm³/mol. The van der Waals surface area contributed by atoms with Crippen molar-refractivity contribution in [3.8, 4) is 0 Å². The molecule has 17 heavy (non-hydrogen) atoms. The molecule has 0 spiro atoms. The van der Waals surface area contributed by atoms with Gasteiger partial charge in [0.25, 0.3) is 11.5 Å². The Morgan fingerprint density at radius 3 is 3.06 bits per heavy atom. The number of halogens is 2. The Balaban J connectivity index is 2.26. The van der Waals surface area contributed by atoms with Crippen LogP contribution in [0.1, 0.15) is 34.5 Å². The van der Waals surface area contributed by atoms with E-state index in [9.17, 15) is 9.18 Å². The largest absolute Gasteiger partial charge is 0.334 e. The van der Waals surface area contributed by atoms with Crippen molar-refractivity contribution in [3.63, 3.8) is 0 Å². The first kappa shape index (κ1) is 12.8. The first-order chi connectivity index (χ1) is 8.00. The molecule has 2 unspecified atom stereocenters. The van der Waals surface area contributed by atoms with Crippen molar-refractivity contribution in [1.82, 2.24) is 9.88 Å². The number of hydrogen-bond donors (Lipinski definition) is 0. The summed E-state index contributed by atoms with van der Waals surface area (Å²) < 4.78 is 12.8. The Bertz CT molecular complexity index is 435. The fourth-order valence-electron chi connectivity index (χ4n) is 2.20. The van der Waals surface area contributed by atoms with Gasteiger partial charge in [-0.1, -0.05) is 11.6 Å². The zero-order valence-corrected chi connectivity index (χ0v) is 11.3. The molecule has 0 aromatic carbocycles. The lowest BCUT2D eigenvalue weighted by molar-refractivity contribution is -0.134. The standard InChI is InChI=1S/C11H14ClFN2OS/c1-6-14-7-4-3-5-8(9(7)17-6)15(2)11(16)10(12)13/h8,10H,3-5H2,1-2H3. The Labute approximate surface area is 109 Å². The number of carbonyl (C=O) groups is 1. The molecule has 1 aliphatic rings. The first-order valence-electron chi connectivity index (χ1n) is 5.51. The summed E-state index contributed by atoms with van der Waals surface area (Å²) in [6.07, 6.45) is 2.76. The minimum absolute atomic E-state index is 0.0746. The number of alkyl halides is 2. The highest BCUT2D eigenvalue weighted by Gasteiger charge is 2.31. The molecule has 2 rings (SSSR count). The Hall–Kier alpha value is -0.680. The summed E-state index contributed by atoms with van der Waals surface area (Å²) in [5, 5.41) is 0.991. The van der Waals surface area contributed by atoms with Crippen LogP contribution in [-0.2, 0) is 11.2 Å². The third-order valence-corrected chi connectivity index (χ3v) is 4.33. The minimum atomic E-state index is -1.96. The smallest absolute Gasteiger partial charge is 0.273 e. The van der Waals surface area contributed by atoms with Gasteiger partial charge in [0.05, 0.1) is 21.6 Å². The lowest BCUT2D eigenvalue weighted by atomic mass is 9.97. The van der Waals surface area contributed by atoms with E-state index in [-0.39, 0.29) is 6.04 Å². The average molecular weight is 277 g/mol. The Morgan fingerprint density at radius 1 is 1.71 bits per heavy atom. The molecule has 1 heterocycles. The Morgan fingerprint density at radius 2 is 2.41 bits per heavy atom. The molecule has 3 nitrogen and oxygen atoms in total. The highest BCUT2D eigenvalue weighted by Crippen LogP contribution is 2.37. The average Bonchev–Trinajstić information content (AvgIpc) is 2.66. The van der Waals surface area contributed by atoms with Gasteiger partial charge in [0.1, 0.15) is 0 Å². The van der Waals surface area contributed by atoms with Gasteiger partial charge < -0.3 is 4.90 Å². The van der Waals surface area contributed by atoms with Crippen molar-refractivity contribution >= 4 is 28.8 Å². The zero-order chi connectivity index (χ0) is 12.6. The summed E-state index contributed by atoms with van der Waals surface area (Å²) >= 11 is 6.79. The number of aromatic nitrogens is 1. The fraction of sp³-hybridized carbons (Fsp3) is 0.636.